The van der Waals surface area contributed by atoms with Gasteiger partial charge < -0.3 is 15.0 Å². The van der Waals surface area contributed by atoms with Crippen LogP contribution in [0.25, 0.3) is 0 Å². The monoisotopic (exact) mass is 619 g/mol. The summed E-state index contributed by atoms with van der Waals surface area (Å²) >= 11 is 12.5. The van der Waals surface area contributed by atoms with Crippen molar-refractivity contribution in [2.24, 2.45) is 0 Å². The second kappa shape index (κ2) is 14.6. The Hall–Kier alpha value is -3.27. The number of halogens is 2. The lowest BCUT2D eigenvalue weighted by atomic mass is 10.1. The number of benzene rings is 3. The third kappa shape index (κ3) is 8.15. The predicted molar refractivity (Wildman–Crippen MR) is 163 cm³/mol. The van der Waals surface area contributed by atoms with Crippen molar-refractivity contribution in [3.05, 3.63) is 88.4 Å². The molecule has 3 aromatic carbocycles. The van der Waals surface area contributed by atoms with E-state index in [-0.39, 0.29) is 35.7 Å². The maximum absolute atomic E-state index is 14.1. The lowest BCUT2D eigenvalue weighted by molar-refractivity contribution is -0.139. The summed E-state index contributed by atoms with van der Waals surface area (Å²) in [5.41, 5.74) is 0.757. The fourth-order valence-electron chi connectivity index (χ4n) is 4.06. The van der Waals surface area contributed by atoms with Crippen LogP contribution >= 0.6 is 23.2 Å². The summed E-state index contributed by atoms with van der Waals surface area (Å²) in [6.45, 7) is 6.85. The van der Waals surface area contributed by atoms with Crippen molar-refractivity contribution in [3.63, 3.8) is 0 Å². The predicted octanol–water partition coefficient (Wildman–Crippen LogP) is 5.92. The van der Waals surface area contributed by atoms with Crippen LogP contribution in [-0.4, -0.2) is 50.4 Å². The molecule has 11 heteroatoms. The largest absolute Gasteiger partial charge is 0.492 e. The van der Waals surface area contributed by atoms with Gasteiger partial charge in [0, 0.05) is 22.6 Å². The number of para-hydroxylation sites is 2. The molecule has 0 fully saturated rings. The van der Waals surface area contributed by atoms with Gasteiger partial charge in [-0.2, -0.15) is 0 Å². The van der Waals surface area contributed by atoms with Crippen LogP contribution < -0.4 is 14.4 Å². The minimum absolute atomic E-state index is 0.00830. The first-order chi connectivity index (χ1) is 19.5. The number of hydrogen-bond acceptors (Lipinski definition) is 5. The smallest absolute Gasteiger partial charge is 0.264 e. The number of nitrogens with zero attached hydrogens (tertiary/aromatic N) is 2. The van der Waals surface area contributed by atoms with E-state index in [0.29, 0.717) is 27.8 Å². The van der Waals surface area contributed by atoms with Crippen LogP contribution in [0.5, 0.6) is 5.75 Å². The maximum Gasteiger partial charge on any atom is 0.264 e. The van der Waals surface area contributed by atoms with Gasteiger partial charge in [-0.05, 0) is 69.2 Å². The van der Waals surface area contributed by atoms with Crippen LogP contribution in [-0.2, 0) is 26.2 Å². The normalized spacial score (nSPS) is 12.7. The number of ether oxygens (including phenoxy) is 1. The SMILES string of the molecule is CCOc1ccccc1N(CC(=O)N(Cc1ccc(Cl)cc1Cl)C(C)C(=O)NC(C)CC)S(=O)(=O)c1ccccc1. The zero-order valence-corrected chi connectivity index (χ0v) is 25.8. The molecule has 0 radical (unpaired) electrons. The molecule has 8 nitrogen and oxygen atoms in total. The number of carbonyl (C=O) groups is 2. The molecule has 41 heavy (non-hydrogen) atoms. The zero-order chi connectivity index (χ0) is 30.2. The van der Waals surface area contributed by atoms with Gasteiger partial charge in [0.25, 0.3) is 10.0 Å². The number of carbonyl (C=O) groups excluding carboxylic acids is 2. The van der Waals surface area contributed by atoms with Crippen LogP contribution in [0.15, 0.2) is 77.7 Å². The summed E-state index contributed by atoms with van der Waals surface area (Å²) in [5.74, 6) is -0.671. The molecule has 0 aliphatic heterocycles. The van der Waals surface area contributed by atoms with Crippen molar-refractivity contribution in [2.45, 2.75) is 57.6 Å². The molecule has 0 saturated carbocycles. The van der Waals surface area contributed by atoms with E-state index in [1.807, 2.05) is 13.8 Å². The second-order valence-corrected chi connectivity index (χ2v) is 12.2. The van der Waals surface area contributed by atoms with Crippen LogP contribution in [0.3, 0.4) is 0 Å². The maximum atomic E-state index is 14.1. The summed E-state index contributed by atoms with van der Waals surface area (Å²) in [5, 5.41) is 3.65. The fourth-order valence-corrected chi connectivity index (χ4v) is 5.97. The van der Waals surface area contributed by atoms with Gasteiger partial charge in [0.05, 0.1) is 17.2 Å². The molecule has 0 spiro atoms. The van der Waals surface area contributed by atoms with E-state index in [0.717, 1.165) is 4.31 Å². The third-order valence-electron chi connectivity index (χ3n) is 6.57. The van der Waals surface area contributed by atoms with Gasteiger partial charge in [-0.15, -0.1) is 0 Å². The van der Waals surface area contributed by atoms with Crippen molar-refractivity contribution >= 4 is 50.7 Å². The number of sulfonamides is 1. The highest BCUT2D eigenvalue weighted by Crippen LogP contribution is 2.33. The van der Waals surface area contributed by atoms with Crippen molar-refractivity contribution in [1.29, 1.82) is 0 Å². The number of rotatable bonds is 13. The highest BCUT2D eigenvalue weighted by atomic mass is 35.5. The Morgan fingerprint density at radius 2 is 1.61 bits per heavy atom. The molecule has 0 saturated heterocycles. The van der Waals surface area contributed by atoms with Gasteiger partial charge in [-0.1, -0.05) is 66.5 Å². The highest BCUT2D eigenvalue weighted by Gasteiger charge is 2.34. The number of amides is 2. The molecule has 1 N–H and O–H groups in total. The summed E-state index contributed by atoms with van der Waals surface area (Å²) in [6.07, 6.45) is 0.701. The van der Waals surface area contributed by atoms with Gasteiger partial charge in [-0.3, -0.25) is 13.9 Å². The Labute approximate surface area is 252 Å². The second-order valence-electron chi connectivity index (χ2n) is 9.48. The van der Waals surface area contributed by atoms with Gasteiger partial charge in [0.15, 0.2) is 0 Å². The van der Waals surface area contributed by atoms with E-state index < -0.39 is 28.5 Å². The Bertz CT molecular complexity index is 1450. The quantitative estimate of drug-likeness (QED) is 0.256. The van der Waals surface area contributed by atoms with Gasteiger partial charge in [0.1, 0.15) is 18.3 Å². The van der Waals surface area contributed by atoms with Crippen LogP contribution in [0.1, 0.15) is 39.7 Å². The number of nitrogens with one attached hydrogen (secondary N) is 1. The molecule has 3 rings (SSSR count). The number of anilines is 1. The Morgan fingerprint density at radius 3 is 2.24 bits per heavy atom. The average Bonchev–Trinajstić information content (AvgIpc) is 2.96. The molecule has 2 amide bonds. The molecule has 2 atom stereocenters. The third-order valence-corrected chi connectivity index (χ3v) is 8.93. The molecule has 2 unspecified atom stereocenters. The van der Waals surface area contributed by atoms with E-state index in [9.17, 15) is 18.0 Å². The molecular formula is C30H35Cl2N3O5S. The lowest BCUT2D eigenvalue weighted by Gasteiger charge is -2.33. The van der Waals surface area contributed by atoms with Crippen molar-refractivity contribution in [3.8, 4) is 5.75 Å². The van der Waals surface area contributed by atoms with Gasteiger partial charge in [0.2, 0.25) is 11.8 Å². The minimum atomic E-state index is -4.22. The average molecular weight is 621 g/mol. The van der Waals surface area contributed by atoms with Crippen LogP contribution in [0.4, 0.5) is 5.69 Å². The molecule has 0 heterocycles. The zero-order valence-electron chi connectivity index (χ0n) is 23.5. The van der Waals surface area contributed by atoms with Crippen molar-refractivity contribution < 1.29 is 22.7 Å². The lowest BCUT2D eigenvalue weighted by Crippen LogP contribution is -2.52. The molecule has 0 aliphatic rings. The van der Waals surface area contributed by atoms with Crippen molar-refractivity contribution in [2.75, 3.05) is 17.5 Å². The minimum Gasteiger partial charge on any atom is -0.492 e. The van der Waals surface area contributed by atoms with E-state index in [1.54, 1.807) is 74.5 Å². The first kappa shape index (κ1) is 32.2. The topological polar surface area (TPSA) is 96.0 Å². The van der Waals surface area contributed by atoms with E-state index in [4.69, 9.17) is 27.9 Å². The molecule has 220 valence electrons. The Kier molecular flexibility index (Phi) is 11.5. The molecule has 3 aromatic rings. The summed E-state index contributed by atoms with van der Waals surface area (Å²) in [6, 6.07) is 18.3. The molecule has 0 aliphatic carbocycles. The summed E-state index contributed by atoms with van der Waals surface area (Å²) < 4.78 is 34.7. The van der Waals surface area contributed by atoms with E-state index in [2.05, 4.69) is 5.32 Å². The fraction of sp³-hybridized carbons (Fsp3) is 0.333. The van der Waals surface area contributed by atoms with E-state index >= 15 is 0 Å². The molecule has 0 bridgehead atoms. The van der Waals surface area contributed by atoms with Crippen molar-refractivity contribution in [1.82, 2.24) is 10.2 Å². The number of hydrogen-bond donors (Lipinski definition) is 1. The first-order valence-electron chi connectivity index (χ1n) is 13.3. The summed E-state index contributed by atoms with van der Waals surface area (Å²) in [4.78, 5) is 28.6. The summed E-state index contributed by atoms with van der Waals surface area (Å²) in [7, 11) is -4.22. The Morgan fingerprint density at radius 1 is 0.951 bits per heavy atom. The van der Waals surface area contributed by atoms with Gasteiger partial charge in [-0.25, -0.2) is 8.42 Å². The van der Waals surface area contributed by atoms with E-state index in [1.165, 1.54) is 17.0 Å². The van der Waals surface area contributed by atoms with Crippen LogP contribution in [0, 0.1) is 0 Å². The Balaban J connectivity index is 2.08. The first-order valence-corrected chi connectivity index (χ1v) is 15.5. The molecular weight excluding hydrogens is 585 g/mol. The van der Waals surface area contributed by atoms with Gasteiger partial charge >= 0.3 is 0 Å². The van der Waals surface area contributed by atoms with Crippen LogP contribution in [0.2, 0.25) is 10.0 Å². The highest BCUT2D eigenvalue weighted by molar-refractivity contribution is 7.92. The standard InChI is InChI=1S/C30H35Cl2N3O5S/c1-5-21(3)33-30(37)22(4)34(19-23-16-17-24(31)18-26(23)32)29(36)20-35(27-14-10-11-15-28(27)40-6-2)41(38,39)25-12-8-7-9-13-25/h7-18,21-22H,5-6,19-20H2,1-4H3,(H,33,37). The molecule has 0 aromatic heterocycles.